The van der Waals surface area contributed by atoms with Crippen LogP contribution in [-0.2, 0) is 9.59 Å². The SMILES string of the molecule is CC(C)C1(C(=O)O)CCN(C(=O)[C@@H]2CCCCN2)C1. The summed E-state index contributed by atoms with van der Waals surface area (Å²) in [6, 6.07) is -0.106. The van der Waals surface area contributed by atoms with Crippen LogP contribution in [0, 0.1) is 11.3 Å². The van der Waals surface area contributed by atoms with Crippen LogP contribution in [-0.4, -0.2) is 47.6 Å². The van der Waals surface area contributed by atoms with Crippen molar-refractivity contribution in [2.45, 2.75) is 45.6 Å². The number of hydrogen-bond acceptors (Lipinski definition) is 3. The molecule has 2 N–H and O–H groups in total. The summed E-state index contributed by atoms with van der Waals surface area (Å²) in [4.78, 5) is 25.7. The van der Waals surface area contributed by atoms with E-state index in [1.807, 2.05) is 13.8 Å². The largest absolute Gasteiger partial charge is 0.481 e. The molecule has 0 aromatic carbocycles. The molecular weight excluding hydrogens is 244 g/mol. The smallest absolute Gasteiger partial charge is 0.311 e. The Morgan fingerprint density at radius 1 is 1.37 bits per heavy atom. The number of amides is 1. The van der Waals surface area contributed by atoms with E-state index in [-0.39, 0.29) is 17.9 Å². The molecule has 1 amide bonds. The fourth-order valence-corrected chi connectivity index (χ4v) is 3.20. The van der Waals surface area contributed by atoms with Crippen molar-refractivity contribution in [1.82, 2.24) is 10.2 Å². The van der Waals surface area contributed by atoms with Gasteiger partial charge in [-0.3, -0.25) is 9.59 Å². The fourth-order valence-electron chi connectivity index (χ4n) is 3.20. The molecule has 19 heavy (non-hydrogen) atoms. The molecule has 1 unspecified atom stereocenters. The Hall–Kier alpha value is -1.10. The first-order valence-electron chi connectivity index (χ1n) is 7.23. The lowest BCUT2D eigenvalue weighted by molar-refractivity contribution is -0.151. The van der Waals surface area contributed by atoms with E-state index in [2.05, 4.69) is 5.32 Å². The summed E-state index contributed by atoms with van der Waals surface area (Å²) in [5.74, 6) is -0.639. The van der Waals surface area contributed by atoms with E-state index in [1.54, 1.807) is 4.90 Å². The first kappa shape index (κ1) is 14.3. The summed E-state index contributed by atoms with van der Waals surface area (Å²) in [6.45, 7) is 5.68. The number of carboxylic acids is 1. The topological polar surface area (TPSA) is 69.6 Å². The van der Waals surface area contributed by atoms with Crippen LogP contribution in [0.2, 0.25) is 0 Å². The first-order chi connectivity index (χ1) is 8.97. The summed E-state index contributed by atoms with van der Waals surface area (Å²) in [5.41, 5.74) is -0.760. The van der Waals surface area contributed by atoms with Gasteiger partial charge in [-0.25, -0.2) is 0 Å². The van der Waals surface area contributed by atoms with E-state index in [0.717, 1.165) is 25.8 Å². The number of carbonyl (C=O) groups excluding carboxylic acids is 1. The zero-order valence-electron chi connectivity index (χ0n) is 11.8. The van der Waals surface area contributed by atoms with Crippen molar-refractivity contribution in [3.8, 4) is 0 Å². The first-order valence-corrected chi connectivity index (χ1v) is 7.23. The van der Waals surface area contributed by atoms with Crippen LogP contribution in [0.1, 0.15) is 39.5 Å². The molecule has 0 bridgehead atoms. The Bertz CT molecular complexity index is 364. The van der Waals surface area contributed by atoms with Gasteiger partial charge in [0.15, 0.2) is 0 Å². The fraction of sp³-hybridized carbons (Fsp3) is 0.857. The molecule has 0 aliphatic carbocycles. The average molecular weight is 268 g/mol. The highest BCUT2D eigenvalue weighted by molar-refractivity contribution is 5.84. The molecule has 0 aromatic rings. The zero-order chi connectivity index (χ0) is 14.0. The van der Waals surface area contributed by atoms with Crippen molar-refractivity contribution in [3.05, 3.63) is 0 Å². The molecule has 2 saturated heterocycles. The quantitative estimate of drug-likeness (QED) is 0.804. The highest BCUT2D eigenvalue weighted by atomic mass is 16.4. The van der Waals surface area contributed by atoms with Gasteiger partial charge < -0.3 is 15.3 Å². The predicted molar refractivity (Wildman–Crippen MR) is 71.7 cm³/mol. The van der Waals surface area contributed by atoms with Gasteiger partial charge in [0, 0.05) is 13.1 Å². The number of nitrogens with one attached hydrogen (secondary N) is 1. The van der Waals surface area contributed by atoms with Gasteiger partial charge in [-0.2, -0.15) is 0 Å². The van der Waals surface area contributed by atoms with Gasteiger partial charge in [0.2, 0.25) is 5.91 Å². The van der Waals surface area contributed by atoms with Crippen LogP contribution < -0.4 is 5.32 Å². The molecule has 2 aliphatic heterocycles. The Labute approximate surface area is 114 Å². The Kier molecular flexibility index (Phi) is 4.13. The maximum atomic E-state index is 12.4. The summed E-state index contributed by atoms with van der Waals surface area (Å²) in [7, 11) is 0. The predicted octanol–water partition coefficient (Wildman–Crippen LogP) is 1.09. The van der Waals surface area contributed by atoms with Crippen molar-refractivity contribution in [2.24, 2.45) is 11.3 Å². The Morgan fingerprint density at radius 2 is 2.11 bits per heavy atom. The molecule has 2 heterocycles. The van der Waals surface area contributed by atoms with Gasteiger partial charge in [-0.05, 0) is 31.7 Å². The average Bonchev–Trinajstić information content (AvgIpc) is 2.85. The van der Waals surface area contributed by atoms with E-state index in [0.29, 0.717) is 19.5 Å². The lowest BCUT2D eigenvalue weighted by Crippen LogP contribution is -2.49. The molecule has 0 radical (unpaired) electrons. The highest BCUT2D eigenvalue weighted by Crippen LogP contribution is 2.38. The minimum atomic E-state index is -0.769. The molecule has 2 aliphatic rings. The van der Waals surface area contributed by atoms with Crippen molar-refractivity contribution in [2.75, 3.05) is 19.6 Å². The van der Waals surface area contributed by atoms with Crippen LogP contribution in [0.5, 0.6) is 0 Å². The minimum absolute atomic E-state index is 0.0436. The van der Waals surface area contributed by atoms with Crippen LogP contribution in [0.25, 0.3) is 0 Å². The molecule has 0 spiro atoms. The lowest BCUT2D eigenvalue weighted by atomic mass is 9.76. The van der Waals surface area contributed by atoms with Crippen LogP contribution in [0.4, 0.5) is 0 Å². The van der Waals surface area contributed by atoms with E-state index >= 15 is 0 Å². The van der Waals surface area contributed by atoms with Gasteiger partial charge in [0.05, 0.1) is 11.5 Å². The summed E-state index contributed by atoms with van der Waals surface area (Å²) >= 11 is 0. The minimum Gasteiger partial charge on any atom is -0.481 e. The van der Waals surface area contributed by atoms with Crippen LogP contribution in [0.15, 0.2) is 0 Å². The van der Waals surface area contributed by atoms with Crippen LogP contribution >= 0.6 is 0 Å². The number of rotatable bonds is 3. The molecule has 5 heteroatoms. The van der Waals surface area contributed by atoms with E-state index < -0.39 is 11.4 Å². The molecule has 2 atom stereocenters. The molecule has 0 aromatic heterocycles. The van der Waals surface area contributed by atoms with Crippen molar-refractivity contribution in [3.63, 3.8) is 0 Å². The maximum absolute atomic E-state index is 12.4. The molecule has 5 nitrogen and oxygen atoms in total. The maximum Gasteiger partial charge on any atom is 0.311 e. The Morgan fingerprint density at radius 3 is 2.58 bits per heavy atom. The van der Waals surface area contributed by atoms with E-state index in [1.165, 1.54) is 0 Å². The second kappa shape index (κ2) is 5.49. The second-order valence-corrected chi connectivity index (χ2v) is 6.13. The third kappa shape index (κ3) is 2.61. The molecule has 2 rings (SSSR count). The number of carbonyl (C=O) groups is 2. The number of piperidine rings is 1. The molecule has 0 saturated carbocycles. The van der Waals surface area contributed by atoms with Crippen LogP contribution in [0.3, 0.4) is 0 Å². The number of likely N-dealkylation sites (tertiary alicyclic amines) is 1. The van der Waals surface area contributed by atoms with E-state index in [4.69, 9.17) is 0 Å². The Balaban J connectivity index is 2.04. The standard InChI is InChI=1S/C14H24N2O3/c1-10(2)14(13(18)19)6-8-16(9-14)12(17)11-5-3-4-7-15-11/h10-11,15H,3-9H2,1-2H3,(H,18,19)/t11-,14?/m0/s1. The highest BCUT2D eigenvalue weighted by Gasteiger charge is 2.49. The van der Waals surface area contributed by atoms with E-state index in [9.17, 15) is 14.7 Å². The van der Waals surface area contributed by atoms with Gasteiger partial charge >= 0.3 is 5.97 Å². The van der Waals surface area contributed by atoms with Gasteiger partial charge in [0.1, 0.15) is 0 Å². The third-order valence-electron chi connectivity index (χ3n) is 4.75. The molecule has 2 fully saturated rings. The van der Waals surface area contributed by atoms with Gasteiger partial charge in [0.25, 0.3) is 0 Å². The van der Waals surface area contributed by atoms with Crippen molar-refractivity contribution in [1.29, 1.82) is 0 Å². The second-order valence-electron chi connectivity index (χ2n) is 6.13. The third-order valence-corrected chi connectivity index (χ3v) is 4.75. The number of carboxylic acid groups (broad SMARTS) is 1. The summed E-state index contributed by atoms with van der Waals surface area (Å²) in [5, 5.41) is 12.7. The molecule has 108 valence electrons. The number of hydrogen-bond donors (Lipinski definition) is 2. The van der Waals surface area contributed by atoms with Gasteiger partial charge in [-0.1, -0.05) is 20.3 Å². The zero-order valence-corrected chi connectivity index (χ0v) is 11.8. The van der Waals surface area contributed by atoms with Crippen molar-refractivity contribution < 1.29 is 14.7 Å². The number of nitrogens with zero attached hydrogens (tertiary/aromatic N) is 1. The normalized spacial score (nSPS) is 31.7. The molecular formula is C14H24N2O3. The summed E-state index contributed by atoms with van der Waals surface area (Å²) in [6.07, 6.45) is 3.63. The summed E-state index contributed by atoms with van der Waals surface area (Å²) < 4.78 is 0. The monoisotopic (exact) mass is 268 g/mol. The number of aliphatic carboxylic acids is 1. The van der Waals surface area contributed by atoms with Gasteiger partial charge in [-0.15, -0.1) is 0 Å². The lowest BCUT2D eigenvalue weighted by Gasteiger charge is -2.31. The van der Waals surface area contributed by atoms with Crippen molar-refractivity contribution >= 4 is 11.9 Å².